The topological polar surface area (TPSA) is 158 Å². The van der Waals surface area contributed by atoms with Gasteiger partial charge in [0.25, 0.3) is 12.3 Å². The molecule has 3 aliphatic rings. The summed E-state index contributed by atoms with van der Waals surface area (Å²) < 4.78 is 76.7. The fourth-order valence-corrected chi connectivity index (χ4v) is 6.91. The van der Waals surface area contributed by atoms with E-state index in [-0.39, 0.29) is 41.5 Å². The van der Waals surface area contributed by atoms with Crippen molar-refractivity contribution >= 4 is 29.6 Å². The molecule has 1 unspecified atom stereocenters. The van der Waals surface area contributed by atoms with Gasteiger partial charge in [0.15, 0.2) is 17.3 Å². The molecule has 0 radical (unpaired) electrons. The first-order valence-corrected chi connectivity index (χ1v) is 17.5. The number of hydrogen-bond donors (Lipinski definition) is 2. The lowest BCUT2D eigenvalue weighted by molar-refractivity contribution is -0.164. The number of benzene rings is 2. The Morgan fingerprint density at radius 2 is 1.81 bits per heavy atom. The summed E-state index contributed by atoms with van der Waals surface area (Å²) in [6.45, 7) is 5.06. The molecule has 3 N–H and O–H groups in total. The first-order chi connectivity index (χ1) is 25.4. The maximum atomic E-state index is 15.0. The molecular weight excluding hydrogens is 739 g/mol. The quantitative estimate of drug-likeness (QED) is 0.158. The minimum atomic E-state index is -4.71. The summed E-state index contributed by atoms with van der Waals surface area (Å²) in [7, 11) is 0. The zero-order chi connectivity index (χ0) is 38.8. The molecule has 2 amide bonds. The van der Waals surface area contributed by atoms with Crippen LogP contribution in [0.15, 0.2) is 60.0 Å². The molecule has 3 heterocycles. The minimum Gasteiger partial charge on any atom is -0.447 e. The van der Waals surface area contributed by atoms with Crippen LogP contribution in [0.3, 0.4) is 0 Å². The highest BCUT2D eigenvalue weighted by Crippen LogP contribution is 2.49. The molecule has 0 bridgehead atoms. The molecule has 286 valence electrons. The van der Waals surface area contributed by atoms with Crippen molar-refractivity contribution in [1.82, 2.24) is 40.0 Å². The Morgan fingerprint density at radius 1 is 1.11 bits per heavy atom. The smallest absolute Gasteiger partial charge is 0.411 e. The molecule has 2 aromatic heterocycles. The van der Waals surface area contributed by atoms with Crippen molar-refractivity contribution in [2.24, 2.45) is 16.1 Å². The first-order valence-electron chi connectivity index (χ1n) is 17.1. The number of rotatable bonds is 11. The van der Waals surface area contributed by atoms with E-state index in [1.54, 1.807) is 24.3 Å². The van der Waals surface area contributed by atoms with Crippen molar-refractivity contribution in [2.45, 2.75) is 88.6 Å². The molecular formula is C35H36ClF5N10O3. The van der Waals surface area contributed by atoms with E-state index in [1.807, 2.05) is 37.0 Å². The average molecular weight is 775 g/mol. The van der Waals surface area contributed by atoms with Gasteiger partial charge in [0.05, 0.1) is 29.0 Å². The zero-order valence-corrected chi connectivity index (χ0v) is 30.1. The highest BCUT2D eigenvalue weighted by Gasteiger charge is 2.64. The van der Waals surface area contributed by atoms with Crippen LogP contribution in [0.1, 0.15) is 88.3 Å². The van der Waals surface area contributed by atoms with Gasteiger partial charge in [-0.1, -0.05) is 67.9 Å². The van der Waals surface area contributed by atoms with Gasteiger partial charge in [-0.05, 0) is 60.8 Å². The number of alkyl halides is 5. The van der Waals surface area contributed by atoms with Crippen LogP contribution in [0, 0.1) is 5.41 Å². The van der Waals surface area contributed by atoms with Gasteiger partial charge in [0.2, 0.25) is 0 Å². The van der Waals surface area contributed by atoms with Crippen molar-refractivity contribution in [3.63, 3.8) is 0 Å². The number of carbonyl (C=O) groups is 2. The molecule has 2 atom stereocenters. The third kappa shape index (κ3) is 6.98. The Balaban J connectivity index is 1.26. The molecule has 2 saturated carbocycles. The number of guanidine groups is 1. The maximum Gasteiger partial charge on any atom is 0.411 e. The summed E-state index contributed by atoms with van der Waals surface area (Å²) in [5.74, 6) is -1.60. The molecule has 19 heteroatoms. The van der Waals surface area contributed by atoms with Gasteiger partial charge in [-0.3, -0.25) is 9.69 Å². The van der Waals surface area contributed by atoms with Gasteiger partial charge in [0, 0.05) is 5.56 Å². The Morgan fingerprint density at radius 3 is 2.43 bits per heavy atom. The predicted octanol–water partition coefficient (Wildman–Crippen LogP) is 6.80. The number of nitrogens with one attached hydrogen (secondary N) is 1. The molecule has 13 nitrogen and oxygen atoms in total. The van der Waals surface area contributed by atoms with E-state index in [0.29, 0.717) is 17.3 Å². The van der Waals surface area contributed by atoms with Crippen LogP contribution in [-0.4, -0.2) is 70.9 Å². The van der Waals surface area contributed by atoms with Crippen LogP contribution < -0.4 is 11.1 Å². The van der Waals surface area contributed by atoms with Gasteiger partial charge in [-0.15, -0.1) is 5.10 Å². The third-order valence-electron chi connectivity index (χ3n) is 9.67. The lowest BCUT2D eigenvalue weighted by Crippen LogP contribution is -2.50. The Hall–Kier alpha value is -5.13. The van der Waals surface area contributed by atoms with Crippen molar-refractivity contribution in [3.8, 4) is 16.9 Å². The number of hydrogen-bond acceptors (Lipinski definition) is 9. The highest BCUT2D eigenvalue weighted by atomic mass is 35.5. The van der Waals surface area contributed by atoms with Crippen molar-refractivity contribution in [2.75, 3.05) is 6.61 Å². The van der Waals surface area contributed by atoms with Crippen molar-refractivity contribution in [1.29, 1.82) is 0 Å². The van der Waals surface area contributed by atoms with Gasteiger partial charge in [-0.2, -0.15) is 18.3 Å². The zero-order valence-electron chi connectivity index (χ0n) is 29.3. The molecule has 7 rings (SSSR count). The number of nitrogens with zero attached hydrogens (tertiary/aromatic N) is 8. The summed E-state index contributed by atoms with van der Waals surface area (Å²) in [5.41, 5.74) is 4.07. The van der Waals surface area contributed by atoms with Crippen molar-refractivity contribution < 1.29 is 36.3 Å². The van der Waals surface area contributed by atoms with Gasteiger partial charge >= 0.3 is 12.3 Å². The van der Waals surface area contributed by atoms with Crippen LogP contribution in [0.2, 0.25) is 5.02 Å². The molecule has 2 aliphatic carbocycles. The lowest BCUT2D eigenvalue weighted by Gasteiger charge is -2.35. The number of amides is 2. The Bertz CT molecular complexity index is 2100. The molecule has 2 aromatic carbocycles. The Kier molecular flexibility index (Phi) is 9.17. The number of carbonyl (C=O) groups excluding carboxylic acids is 2. The summed E-state index contributed by atoms with van der Waals surface area (Å²) in [4.78, 5) is 37.3. The number of aromatic nitrogens is 6. The second-order valence-corrected chi connectivity index (χ2v) is 15.4. The predicted molar refractivity (Wildman–Crippen MR) is 185 cm³/mol. The molecule has 4 aromatic rings. The number of alkyl carbamates (subject to hydrolysis) is 1. The van der Waals surface area contributed by atoms with E-state index in [0.717, 1.165) is 34.3 Å². The third-order valence-corrected chi connectivity index (χ3v) is 9.99. The van der Waals surface area contributed by atoms with Crippen LogP contribution >= 0.6 is 11.6 Å². The summed E-state index contributed by atoms with van der Waals surface area (Å²) in [6.07, 6.45) is -4.75. The van der Waals surface area contributed by atoms with Crippen molar-refractivity contribution in [3.05, 3.63) is 77.0 Å². The fourth-order valence-electron chi connectivity index (χ4n) is 6.71. The van der Waals surface area contributed by atoms with E-state index in [4.69, 9.17) is 27.1 Å². The number of ether oxygens (including phenoxy) is 1. The summed E-state index contributed by atoms with van der Waals surface area (Å²) in [5, 5.41) is 14.3. The van der Waals surface area contributed by atoms with Crippen LogP contribution in [0.25, 0.3) is 16.9 Å². The van der Waals surface area contributed by atoms with E-state index >= 15 is 0 Å². The van der Waals surface area contributed by atoms with Crippen LogP contribution in [0.4, 0.5) is 26.7 Å². The SMILES string of the molecule is CC(C)(C)C[C@]1(c2ccc(-c3cn(C4CC4)nn3)cc2)N=C(N)N(C(COC(=O)NC2(C(F)(F)F)CC2)c2ccc(Cl)c(-n3ncnc3C(F)F)c2)C1=O. The molecule has 0 spiro atoms. The van der Waals surface area contributed by atoms with E-state index in [9.17, 15) is 31.5 Å². The monoisotopic (exact) mass is 774 g/mol. The van der Waals surface area contributed by atoms with Gasteiger partial charge < -0.3 is 15.8 Å². The number of aliphatic imine (C=N–C) groups is 1. The largest absolute Gasteiger partial charge is 0.447 e. The standard InChI is InChI=1S/C35H36ClF5N10O3/c1-32(2,3)17-34(21-7-4-19(5-8-21)24-15-49(48-47-24)22-9-10-22)29(52)50(30(42)45-34)26(16-54-31(53)46-33(12-13-33)35(39,40)41)20-6-11-23(36)25(14-20)51-28(27(37)38)43-18-44-51/h4-8,11,14-15,18,22,26-27H,9-10,12-13,16-17H2,1-3H3,(H2,42,45)(H,46,53)/t26?,34-/m1/s1. The van der Waals surface area contributed by atoms with Crippen LogP contribution in [-0.2, 0) is 15.1 Å². The average Bonchev–Trinajstić information content (AvgIpc) is 3.97. The first kappa shape index (κ1) is 37.2. The lowest BCUT2D eigenvalue weighted by atomic mass is 9.75. The van der Waals surface area contributed by atoms with E-state index in [2.05, 4.69) is 20.4 Å². The number of halogens is 6. The maximum absolute atomic E-state index is 15.0. The minimum absolute atomic E-state index is 0.0156. The summed E-state index contributed by atoms with van der Waals surface area (Å²) >= 11 is 6.44. The number of nitrogens with two attached hydrogens (primary N) is 1. The Labute approximate surface area is 310 Å². The molecule has 1 aliphatic heterocycles. The molecule has 54 heavy (non-hydrogen) atoms. The van der Waals surface area contributed by atoms with E-state index in [1.165, 1.54) is 18.2 Å². The molecule has 2 fully saturated rings. The highest BCUT2D eigenvalue weighted by molar-refractivity contribution is 6.32. The second-order valence-electron chi connectivity index (χ2n) is 15.0. The second kappa shape index (κ2) is 13.3. The summed E-state index contributed by atoms with van der Waals surface area (Å²) in [6, 6.07) is 10.2. The normalized spacial score (nSPS) is 20.3. The fraction of sp³-hybridized carbons (Fsp3) is 0.457. The van der Waals surface area contributed by atoms with E-state index < -0.39 is 59.6 Å². The van der Waals surface area contributed by atoms with Crippen LogP contribution in [0.5, 0.6) is 0 Å². The van der Waals surface area contributed by atoms with Gasteiger partial charge in [-0.25, -0.2) is 32.9 Å². The van der Waals surface area contributed by atoms with Gasteiger partial charge in [0.1, 0.15) is 24.2 Å². The molecule has 0 saturated heterocycles.